The molecule has 0 spiro atoms. The van der Waals surface area contributed by atoms with E-state index in [2.05, 4.69) is 15.9 Å². The number of anilines is 1. The zero-order valence-electron chi connectivity index (χ0n) is 8.82. The van der Waals surface area contributed by atoms with Crippen molar-refractivity contribution in [2.24, 2.45) is 5.92 Å². The van der Waals surface area contributed by atoms with Crippen LogP contribution in [0.3, 0.4) is 0 Å². The van der Waals surface area contributed by atoms with Crippen molar-refractivity contribution < 1.29 is 9.90 Å². The highest BCUT2D eigenvalue weighted by Gasteiger charge is 2.34. The Morgan fingerprint density at radius 2 is 2.19 bits per heavy atom. The van der Waals surface area contributed by atoms with E-state index in [1.165, 1.54) is 0 Å². The number of rotatable bonds is 3. The van der Waals surface area contributed by atoms with E-state index in [1.54, 1.807) is 6.07 Å². The molecule has 0 saturated heterocycles. The summed E-state index contributed by atoms with van der Waals surface area (Å²) in [4.78, 5) is 11.3. The first-order chi connectivity index (χ1) is 7.59. The van der Waals surface area contributed by atoms with Crippen LogP contribution < -0.4 is 5.73 Å². The topological polar surface area (TPSA) is 63.3 Å². The van der Waals surface area contributed by atoms with E-state index in [-0.39, 0.29) is 5.92 Å². The molecule has 2 rings (SSSR count). The van der Waals surface area contributed by atoms with Crippen molar-refractivity contribution in [1.29, 1.82) is 0 Å². The molecule has 16 heavy (non-hydrogen) atoms. The lowest BCUT2D eigenvalue weighted by Crippen LogP contribution is -2.27. The molecule has 3 nitrogen and oxygen atoms in total. The molecule has 0 radical (unpaired) electrons. The molecule has 1 aromatic rings. The molecule has 1 saturated carbocycles. The predicted octanol–water partition coefficient (Wildman–Crippen LogP) is 3.00. The minimum atomic E-state index is -0.769. The number of carboxylic acids is 1. The van der Waals surface area contributed by atoms with Gasteiger partial charge in [0.15, 0.2) is 0 Å². The number of nitrogen functional groups attached to an aromatic ring is 1. The van der Waals surface area contributed by atoms with Gasteiger partial charge in [-0.2, -0.15) is 0 Å². The van der Waals surface area contributed by atoms with Gasteiger partial charge in [-0.1, -0.05) is 22.4 Å². The van der Waals surface area contributed by atoms with Gasteiger partial charge < -0.3 is 10.8 Å². The summed E-state index contributed by atoms with van der Waals surface area (Å²) in [6, 6.07) is 5.42. The fourth-order valence-corrected chi connectivity index (χ4v) is 2.56. The number of hydrogen-bond donors (Lipinski definition) is 2. The third-order valence-electron chi connectivity index (χ3n) is 3.27. The number of halogens is 1. The Morgan fingerprint density at radius 3 is 2.69 bits per heavy atom. The third-order valence-corrected chi connectivity index (χ3v) is 3.76. The van der Waals surface area contributed by atoms with Gasteiger partial charge in [-0.3, -0.25) is 4.79 Å². The maximum Gasteiger partial charge on any atom is 0.311 e. The maximum atomic E-state index is 11.3. The van der Waals surface area contributed by atoms with Crippen molar-refractivity contribution >= 4 is 27.6 Å². The molecule has 3 N–H and O–H groups in total. The van der Waals surface area contributed by atoms with E-state index in [1.807, 2.05) is 12.1 Å². The molecular weight excluding hydrogens is 270 g/mol. The summed E-state index contributed by atoms with van der Waals surface area (Å²) in [6.45, 7) is 0. The number of hydrogen-bond acceptors (Lipinski definition) is 2. The number of benzene rings is 1. The molecule has 0 heterocycles. The van der Waals surface area contributed by atoms with E-state index in [0.717, 1.165) is 29.3 Å². The highest BCUT2D eigenvalue weighted by atomic mass is 79.9. The van der Waals surface area contributed by atoms with Gasteiger partial charge in [0.05, 0.1) is 5.92 Å². The first kappa shape index (κ1) is 11.5. The zero-order chi connectivity index (χ0) is 11.7. The fraction of sp³-hybridized carbons (Fsp3) is 0.417. The summed E-state index contributed by atoms with van der Waals surface area (Å²) in [5.74, 6) is -0.977. The molecular formula is C12H14BrNO2. The number of carbonyl (C=O) groups is 1. The summed E-state index contributed by atoms with van der Waals surface area (Å²) in [6.07, 6.45) is 3.11. The first-order valence-electron chi connectivity index (χ1n) is 5.37. The van der Waals surface area contributed by atoms with Gasteiger partial charge >= 0.3 is 5.97 Å². The molecule has 4 heteroatoms. The molecule has 0 amide bonds. The highest BCUT2D eigenvalue weighted by Crippen LogP contribution is 2.41. The molecule has 0 bridgehead atoms. The number of carboxylic acid groups (broad SMARTS) is 1. The van der Waals surface area contributed by atoms with E-state index in [9.17, 15) is 9.90 Å². The predicted molar refractivity (Wildman–Crippen MR) is 66.3 cm³/mol. The fourth-order valence-electron chi connectivity index (χ4n) is 2.18. The van der Waals surface area contributed by atoms with Gasteiger partial charge in [0.1, 0.15) is 0 Å². The van der Waals surface area contributed by atoms with Gasteiger partial charge in [0.25, 0.3) is 0 Å². The van der Waals surface area contributed by atoms with Gasteiger partial charge in [-0.25, -0.2) is 0 Å². The molecule has 0 aromatic heterocycles. The van der Waals surface area contributed by atoms with Gasteiger partial charge in [0.2, 0.25) is 0 Å². The lowest BCUT2D eigenvalue weighted by atomic mass is 9.73. The van der Waals surface area contributed by atoms with Crippen LogP contribution in [0.5, 0.6) is 0 Å². The second kappa shape index (κ2) is 4.45. The maximum absolute atomic E-state index is 11.3. The van der Waals surface area contributed by atoms with Crippen molar-refractivity contribution in [1.82, 2.24) is 0 Å². The second-order valence-electron chi connectivity index (χ2n) is 4.28. The first-order valence-corrected chi connectivity index (χ1v) is 6.16. The Morgan fingerprint density at radius 1 is 1.50 bits per heavy atom. The Labute approximate surface area is 103 Å². The molecule has 86 valence electrons. The molecule has 1 atom stereocenters. The van der Waals surface area contributed by atoms with Crippen LogP contribution in [-0.2, 0) is 4.79 Å². The zero-order valence-corrected chi connectivity index (χ0v) is 10.4. The quantitative estimate of drug-likeness (QED) is 0.839. The molecule has 1 aliphatic rings. The van der Waals surface area contributed by atoms with E-state index < -0.39 is 11.9 Å². The SMILES string of the molecule is Nc1ccc(Br)cc1C(C(=O)O)C1CCC1. The minimum absolute atomic E-state index is 0.245. The monoisotopic (exact) mass is 283 g/mol. The van der Waals surface area contributed by atoms with E-state index in [4.69, 9.17) is 5.73 Å². The van der Waals surface area contributed by atoms with Crippen LogP contribution in [0, 0.1) is 5.92 Å². The number of nitrogens with two attached hydrogens (primary N) is 1. The Kier molecular flexibility index (Phi) is 3.19. The van der Waals surface area contributed by atoms with Crippen molar-refractivity contribution in [2.45, 2.75) is 25.2 Å². The van der Waals surface area contributed by atoms with E-state index >= 15 is 0 Å². The van der Waals surface area contributed by atoms with Crippen LogP contribution >= 0.6 is 15.9 Å². The second-order valence-corrected chi connectivity index (χ2v) is 5.20. The largest absolute Gasteiger partial charge is 0.481 e. The van der Waals surface area contributed by atoms with Crippen LogP contribution in [0.1, 0.15) is 30.7 Å². The van der Waals surface area contributed by atoms with Crippen LogP contribution in [0.2, 0.25) is 0 Å². The van der Waals surface area contributed by atoms with Crippen LogP contribution in [0.25, 0.3) is 0 Å². The standard InChI is InChI=1S/C12H14BrNO2/c13-8-4-5-10(14)9(6-8)11(12(15)16)7-2-1-3-7/h4-7,11H,1-3,14H2,(H,15,16). The summed E-state index contributed by atoms with van der Waals surface area (Å²) in [7, 11) is 0. The van der Waals surface area contributed by atoms with Gasteiger partial charge in [-0.05, 0) is 42.5 Å². The summed E-state index contributed by atoms with van der Waals surface area (Å²) in [5.41, 5.74) is 7.17. The van der Waals surface area contributed by atoms with Crippen LogP contribution in [0.15, 0.2) is 22.7 Å². The highest BCUT2D eigenvalue weighted by molar-refractivity contribution is 9.10. The van der Waals surface area contributed by atoms with Gasteiger partial charge in [-0.15, -0.1) is 0 Å². The Balaban J connectivity index is 2.37. The molecule has 1 aromatic carbocycles. The minimum Gasteiger partial charge on any atom is -0.481 e. The molecule has 1 unspecified atom stereocenters. The van der Waals surface area contributed by atoms with Gasteiger partial charge in [0, 0.05) is 10.2 Å². The van der Waals surface area contributed by atoms with Crippen molar-refractivity contribution in [3.8, 4) is 0 Å². The smallest absolute Gasteiger partial charge is 0.311 e. The summed E-state index contributed by atoms with van der Waals surface area (Å²) in [5, 5.41) is 9.31. The molecule has 0 aliphatic heterocycles. The lowest BCUT2D eigenvalue weighted by molar-refractivity contribution is -0.141. The molecule has 1 fully saturated rings. The summed E-state index contributed by atoms with van der Waals surface area (Å²) >= 11 is 3.35. The van der Waals surface area contributed by atoms with Crippen LogP contribution in [-0.4, -0.2) is 11.1 Å². The normalized spacial score (nSPS) is 17.8. The lowest BCUT2D eigenvalue weighted by Gasteiger charge is -2.32. The average molecular weight is 284 g/mol. The third kappa shape index (κ3) is 2.07. The molecule has 1 aliphatic carbocycles. The summed E-state index contributed by atoms with van der Waals surface area (Å²) < 4.78 is 0.877. The Hall–Kier alpha value is -1.03. The average Bonchev–Trinajstić information content (AvgIpc) is 2.15. The van der Waals surface area contributed by atoms with Crippen molar-refractivity contribution in [2.75, 3.05) is 5.73 Å². The van der Waals surface area contributed by atoms with E-state index in [0.29, 0.717) is 5.69 Å². The Bertz CT molecular complexity index is 415. The van der Waals surface area contributed by atoms with Crippen molar-refractivity contribution in [3.05, 3.63) is 28.2 Å². The number of aliphatic carboxylic acids is 1. The van der Waals surface area contributed by atoms with Crippen molar-refractivity contribution in [3.63, 3.8) is 0 Å². The van der Waals surface area contributed by atoms with Crippen LogP contribution in [0.4, 0.5) is 5.69 Å².